The minimum absolute atomic E-state index is 0.00553. The van der Waals surface area contributed by atoms with Gasteiger partial charge >= 0.3 is 5.97 Å². The molecule has 5 nitrogen and oxygen atoms in total. The number of carbonyl (C=O) groups is 1. The number of aliphatic hydroxyl groups is 1. The number of aromatic hydroxyl groups is 1. The first kappa shape index (κ1) is 16.5. The Balaban J connectivity index is 2.75. The smallest absolute Gasteiger partial charge is 0.302 e. The molecule has 0 fully saturated rings. The number of phenolic OH excluding ortho intramolecular Hbond substituents is 1. The van der Waals surface area contributed by atoms with Crippen LogP contribution in [0.5, 0.6) is 5.75 Å². The highest BCUT2D eigenvalue weighted by Crippen LogP contribution is 2.23. The van der Waals surface area contributed by atoms with Gasteiger partial charge in [0.05, 0.1) is 6.10 Å². The quantitative estimate of drug-likeness (QED) is 0.718. The summed E-state index contributed by atoms with van der Waals surface area (Å²) in [6, 6.07) is 4.79. The fraction of sp³-hybridized carbons (Fsp3) is 0.533. The molecule has 0 aromatic heterocycles. The molecule has 1 unspecified atom stereocenters. The average Bonchev–Trinajstić information content (AvgIpc) is 2.34. The van der Waals surface area contributed by atoms with Crippen LogP contribution >= 0.6 is 0 Å². The van der Waals surface area contributed by atoms with Crippen LogP contribution in [0.3, 0.4) is 0 Å². The summed E-state index contributed by atoms with van der Waals surface area (Å²) in [5.41, 5.74) is 1.06. The second kappa shape index (κ2) is 6.72. The fourth-order valence-electron chi connectivity index (χ4n) is 1.63. The highest BCUT2D eigenvalue weighted by Gasteiger charge is 2.15. The minimum atomic E-state index is -0.689. The molecule has 3 N–H and O–H groups in total. The summed E-state index contributed by atoms with van der Waals surface area (Å²) in [4.78, 5) is 10.8. The van der Waals surface area contributed by atoms with Crippen molar-refractivity contribution in [3.63, 3.8) is 0 Å². The molecule has 5 heteroatoms. The molecular weight excluding hydrogens is 258 g/mol. The van der Waals surface area contributed by atoms with Crippen molar-refractivity contribution in [3.05, 3.63) is 29.3 Å². The molecule has 0 aliphatic rings. The van der Waals surface area contributed by atoms with Gasteiger partial charge in [-0.1, -0.05) is 6.07 Å². The number of nitrogens with one attached hydrogen (secondary N) is 1. The number of aliphatic hydroxyl groups excluding tert-OH is 1. The number of β-amino-alcohol motifs (C(OH)–C–C–N with tert-alkyl or cyclic N) is 1. The normalized spacial score (nSPS) is 13.1. The molecule has 0 saturated carbocycles. The Labute approximate surface area is 119 Å². The van der Waals surface area contributed by atoms with Gasteiger partial charge in [0.25, 0.3) is 0 Å². The standard InChI is InChI=1S/C15H23NO4/c1-10(17)20-9-12-7-11(5-6-13(12)18)14(19)8-16-15(2,3)4/h5-7,14,16,18-19H,8-9H2,1-4H3. The van der Waals surface area contributed by atoms with Gasteiger partial charge in [-0.05, 0) is 38.5 Å². The minimum Gasteiger partial charge on any atom is -0.508 e. The zero-order valence-electron chi connectivity index (χ0n) is 12.4. The summed E-state index contributed by atoms with van der Waals surface area (Å²) in [5.74, 6) is -0.365. The Morgan fingerprint density at radius 1 is 1.40 bits per heavy atom. The lowest BCUT2D eigenvalue weighted by molar-refractivity contribution is -0.142. The van der Waals surface area contributed by atoms with Gasteiger partial charge in [-0.25, -0.2) is 0 Å². The second-order valence-corrected chi connectivity index (χ2v) is 5.82. The number of hydrogen-bond acceptors (Lipinski definition) is 5. The van der Waals surface area contributed by atoms with E-state index in [1.54, 1.807) is 12.1 Å². The summed E-state index contributed by atoms with van der Waals surface area (Å²) in [7, 11) is 0. The van der Waals surface area contributed by atoms with E-state index in [1.165, 1.54) is 13.0 Å². The monoisotopic (exact) mass is 281 g/mol. The van der Waals surface area contributed by atoms with E-state index < -0.39 is 12.1 Å². The molecule has 20 heavy (non-hydrogen) atoms. The highest BCUT2D eigenvalue weighted by molar-refractivity contribution is 5.66. The van der Waals surface area contributed by atoms with Gasteiger partial charge in [0.2, 0.25) is 0 Å². The van der Waals surface area contributed by atoms with Crippen molar-refractivity contribution in [2.45, 2.75) is 45.9 Å². The van der Waals surface area contributed by atoms with Gasteiger partial charge in [0.15, 0.2) is 0 Å². The summed E-state index contributed by atoms with van der Waals surface area (Å²) in [6.45, 7) is 7.76. The Hall–Kier alpha value is -1.59. The van der Waals surface area contributed by atoms with E-state index in [4.69, 9.17) is 4.74 Å². The maximum Gasteiger partial charge on any atom is 0.302 e. The van der Waals surface area contributed by atoms with Crippen molar-refractivity contribution < 1.29 is 19.7 Å². The van der Waals surface area contributed by atoms with Gasteiger partial charge in [0, 0.05) is 24.6 Å². The first-order chi connectivity index (χ1) is 9.19. The van der Waals surface area contributed by atoms with Gasteiger partial charge in [-0.2, -0.15) is 0 Å². The molecule has 112 valence electrons. The summed E-state index contributed by atoms with van der Waals surface area (Å²) in [5, 5.41) is 23.0. The molecule has 1 aromatic rings. The van der Waals surface area contributed by atoms with E-state index in [2.05, 4.69) is 5.32 Å². The molecule has 0 bridgehead atoms. The Bertz CT molecular complexity index is 465. The Kier molecular flexibility index (Phi) is 5.53. The molecular formula is C15H23NO4. The molecule has 1 rings (SSSR count). The van der Waals surface area contributed by atoms with E-state index in [9.17, 15) is 15.0 Å². The number of phenols is 1. The third kappa shape index (κ3) is 5.59. The van der Waals surface area contributed by atoms with Crippen LogP contribution in [-0.2, 0) is 16.1 Å². The van der Waals surface area contributed by atoms with Crippen molar-refractivity contribution in [3.8, 4) is 5.75 Å². The van der Waals surface area contributed by atoms with Crippen LogP contribution in [0.15, 0.2) is 18.2 Å². The SMILES string of the molecule is CC(=O)OCc1cc(C(O)CNC(C)(C)C)ccc1O. The molecule has 1 aromatic carbocycles. The van der Waals surface area contributed by atoms with Crippen LogP contribution in [0.4, 0.5) is 0 Å². The number of ether oxygens (including phenoxy) is 1. The third-order valence-electron chi connectivity index (χ3n) is 2.75. The van der Waals surface area contributed by atoms with Crippen LogP contribution in [0, 0.1) is 0 Å². The fourth-order valence-corrected chi connectivity index (χ4v) is 1.63. The third-order valence-corrected chi connectivity index (χ3v) is 2.75. The van der Waals surface area contributed by atoms with E-state index in [0.717, 1.165) is 0 Å². The van der Waals surface area contributed by atoms with Crippen LogP contribution in [-0.4, -0.2) is 28.3 Å². The lowest BCUT2D eigenvalue weighted by atomic mass is 10.0. The molecule has 0 amide bonds. The van der Waals surface area contributed by atoms with E-state index in [-0.39, 0.29) is 17.9 Å². The second-order valence-electron chi connectivity index (χ2n) is 5.82. The number of carbonyl (C=O) groups excluding carboxylic acids is 1. The summed E-state index contributed by atoms with van der Waals surface area (Å²) >= 11 is 0. The van der Waals surface area contributed by atoms with Crippen LogP contribution in [0.2, 0.25) is 0 Å². The van der Waals surface area contributed by atoms with E-state index in [0.29, 0.717) is 17.7 Å². The highest BCUT2D eigenvalue weighted by atomic mass is 16.5. The largest absolute Gasteiger partial charge is 0.508 e. The van der Waals surface area contributed by atoms with Crippen molar-refractivity contribution in [1.29, 1.82) is 0 Å². The molecule has 0 heterocycles. The molecule has 1 atom stereocenters. The van der Waals surface area contributed by atoms with Crippen molar-refractivity contribution in [1.82, 2.24) is 5.32 Å². The summed E-state index contributed by atoms with van der Waals surface area (Å²) < 4.78 is 4.86. The van der Waals surface area contributed by atoms with Crippen molar-refractivity contribution in [2.75, 3.05) is 6.54 Å². The van der Waals surface area contributed by atoms with Crippen molar-refractivity contribution in [2.24, 2.45) is 0 Å². The zero-order valence-corrected chi connectivity index (χ0v) is 12.4. The number of benzene rings is 1. The van der Waals surface area contributed by atoms with Crippen LogP contribution < -0.4 is 5.32 Å². The number of hydrogen-bond donors (Lipinski definition) is 3. The predicted molar refractivity (Wildman–Crippen MR) is 76.3 cm³/mol. The number of rotatable bonds is 5. The lowest BCUT2D eigenvalue weighted by Gasteiger charge is -2.23. The van der Waals surface area contributed by atoms with E-state index in [1.807, 2.05) is 20.8 Å². The Morgan fingerprint density at radius 3 is 2.60 bits per heavy atom. The predicted octanol–water partition coefficient (Wildman–Crippen LogP) is 1.88. The lowest BCUT2D eigenvalue weighted by Crippen LogP contribution is -2.38. The average molecular weight is 281 g/mol. The molecule has 0 aliphatic carbocycles. The maximum atomic E-state index is 10.8. The first-order valence-corrected chi connectivity index (χ1v) is 6.57. The van der Waals surface area contributed by atoms with Crippen molar-refractivity contribution >= 4 is 5.97 Å². The maximum absolute atomic E-state index is 10.8. The Morgan fingerprint density at radius 2 is 2.05 bits per heavy atom. The van der Waals surface area contributed by atoms with E-state index >= 15 is 0 Å². The van der Waals surface area contributed by atoms with Gasteiger partial charge in [-0.15, -0.1) is 0 Å². The molecule has 0 radical (unpaired) electrons. The van der Waals surface area contributed by atoms with Crippen LogP contribution in [0.25, 0.3) is 0 Å². The topological polar surface area (TPSA) is 78.8 Å². The number of esters is 1. The first-order valence-electron chi connectivity index (χ1n) is 6.57. The summed E-state index contributed by atoms with van der Waals surface area (Å²) in [6.07, 6.45) is -0.689. The van der Waals surface area contributed by atoms with Crippen LogP contribution in [0.1, 0.15) is 44.9 Å². The molecule has 0 saturated heterocycles. The van der Waals surface area contributed by atoms with Gasteiger partial charge in [-0.3, -0.25) is 4.79 Å². The molecule has 0 aliphatic heterocycles. The van der Waals surface area contributed by atoms with Gasteiger partial charge in [0.1, 0.15) is 12.4 Å². The molecule has 0 spiro atoms. The zero-order chi connectivity index (χ0) is 15.3. The van der Waals surface area contributed by atoms with Gasteiger partial charge < -0.3 is 20.3 Å².